The van der Waals surface area contributed by atoms with Gasteiger partial charge in [-0.25, -0.2) is 0 Å². The van der Waals surface area contributed by atoms with Crippen LogP contribution in [0.3, 0.4) is 0 Å². The minimum Gasteiger partial charge on any atom is -0.545 e. The summed E-state index contributed by atoms with van der Waals surface area (Å²) in [5.74, 6) is -1.09. The maximum absolute atomic E-state index is 10.6. The number of carbonyl (C=O) groups excluding carboxylic acids is 1. The summed E-state index contributed by atoms with van der Waals surface area (Å²) in [5.41, 5.74) is 2.19. The number of carbonyl (C=O) groups is 1. The van der Waals surface area contributed by atoms with Gasteiger partial charge in [0, 0.05) is 5.56 Å². The number of carboxylic acid groups (broad SMARTS) is 1. The minimum absolute atomic E-state index is 0. The van der Waals surface area contributed by atoms with Gasteiger partial charge >= 0.3 is 29.6 Å². The number of rotatable bonds is 2. The Kier molecular flexibility index (Phi) is 5.30. The van der Waals surface area contributed by atoms with Gasteiger partial charge in [-0.15, -0.1) is 0 Å². The molecule has 0 spiro atoms. The summed E-state index contributed by atoms with van der Waals surface area (Å²) in [7, 11) is 0. The molecule has 0 heterocycles. The van der Waals surface area contributed by atoms with Gasteiger partial charge in [0.2, 0.25) is 0 Å². The number of carboxylic acids is 1. The maximum atomic E-state index is 10.6. The Hall–Kier alpha value is -0.310. The molecule has 2 nitrogen and oxygen atoms in total. The smallest absolute Gasteiger partial charge is 0.545 e. The van der Waals surface area contributed by atoms with Gasteiger partial charge in [-0.05, 0) is 24.5 Å². The van der Waals surface area contributed by atoms with Crippen molar-refractivity contribution in [2.24, 2.45) is 0 Å². The third-order valence-electron chi connectivity index (χ3n) is 2.05. The number of benzene rings is 1. The van der Waals surface area contributed by atoms with Crippen LogP contribution >= 0.6 is 0 Å². The number of aryl methyl sites for hydroxylation is 1. The molecule has 0 saturated carbocycles. The van der Waals surface area contributed by atoms with Crippen LogP contribution < -0.4 is 34.7 Å². The van der Waals surface area contributed by atoms with E-state index in [0.29, 0.717) is 5.56 Å². The van der Waals surface area contributed by atoms with E-state index in [1.807, 2.05) is 19.9 Å². The standard InChI is InChI=1S/C10H12O2.Na/c1-3-8-5-4-6-9(7(8)2)10(11)12;/h4-6H,3H2,1-2H3,(H,11,12);/q;+1/p-1. The Morgan fingerprint density at radius 2 is 2.08 bits per heavy atom. The molecule has 0 aliphatic carbocycles. The van der Waals surface area contributed by atoms with Gasteiger partial charge in [0.1, 0.15) is 0 Å². The zero-order chi connectivity index (χ0) is 9.14. The van der Waals surface area contributed by atoms with E-state index >= 15 is 0 Å². The van der Waals surface area contributed by atoms with Crippen molar-refractivity contribution in [1.82, 2.24) is 0 Å². The molecule has 3 heteroatoms. The Morgan fingerprint density at radius 3 is 2.54 bits per heavy atom. The summed E-state index contributed by atoms with van der Waals surface area (Å²) in [4.78, 5) is 10.6. The SMILES string of the molecule is CCc1cccc(C(=O)[O-])c1C.[Na+]. The molecule has 0 saturated heterocycles. The average molecular weight is 186 g/mol. The van der Waals surface area contributed by atoms with Gasteiger partial charge in [-0.2, -0.15) is 0 Å². The second kappa shape index (κ2) is 5.43. The molecule has 0 aliphatic heterocycles. The molecule has 0 radical (unpaired) electrons. The van der Waals surface area contributed by atoms with Crippen LogP contribution in [0.5, 0.6) is 0 Å². The van der Waals surface area contributed by atoms with Crippen molar-refractivity contribution < 1.29 is 39.5 Å². The van der Waals surface area contributed by atoms with Crippen molar-refractivity contribution >= 4 is 5.97 Å². The van der Waals surface area contributed by atoms with Gasteiger partial charge in [-0.1, -0.05) is 25.1 Å². The van der Waals surface area contributed by atoms with Crippen LogP contribution in [0.1, 0.15) is 28.4 Å². The predicted molar refractivity (Wildman–Crippen MR) is 44.9 cm³/mol. The maximum Gasteiger partial charge on any atom is 1.00 e. The van der Waals surface area contributed by atoms with Crippen molar-refractivity contribution in [3.8, 4) is 0 Å². The normalized spacial score (nSPS) is 9.08. The molecule has 1 aromatic rings. The molecule has 64 valence electrons. The largest absolute Gasteiger partial charge is 1.00 e. The van der Waals surface area contributed by atoms with Crippen LogP contribution in [0.25, 0.3) is 0 Å². The number of aromatic carboxylic acids is 1. The van der Waals surface area contributed by atoms with Crippen LogP contribution in [0.4, 0.5) is 0 Å². The topological polar surface area (TPSA) is 40.1 Å². The van der Waals surface area contributed by atoms with E-state index in [1.165, 1.54) is 0 Å². The second-order valence-corrected chi connectivity index (χ2v) is 2.73. The molecular weight excluding hydrogens is 175 g/mol. The first-order valence-corrected chi connectivity index (χ1v) is 3.96. The van der Waals surface area contributed by atoms with Crippen molar-refractivity contribution in [1.29, 1.82) is 0 Å². The van der Waals surface area contributed by atoms with E-state index in [9.17, 15) is 9.90 Å². The fraction of sp³-hybridized carbons (Fsp3) is 0.300. The van der Waals surface area contributed by atoms with E-state index in [0.717, 1.165) is 17.5 Å². The number of hydrogen-bond donors (Lipinski definition) is 0. The summed E-state index contributed by atoms with van der Waals surface area (Å²) in [6.45, 7) is 3.81. The molecule has 0 bridgehead atoms. The summed E-state index contributed by atoms with van der Waals surface area (Å²) >= 11 is 0. The Balaban J connectivity index is 0.00000144. The van der Waals surface area contributed by atoms with Crippen molar-refractivity contribution in [3.05, 3.63) is 34.9 Å². The molecule has 0 aromatic heterocycles. The molecular formula is C10H11NaO2. The zero-order valence-electron chi connectivity index (χ0n) is 8.26. The van der Waals surface area contributed by atoms with Crippen LogP contribution in [0.15, 0.2) is 18.2 Å². The van der Waals surface area contributed by atoms with Gasteiger partial charge in [0.15, 0.2) is 0 Å². The molecule has 13 heavy (non-hydrogen) atoms. The van der Waals surface area contributed by atoms with E-state index in [-0.39, 0.29) is 29.6 Å². The molecule has 0 fully saturated rings. The monoisotopic (exact) mass is 186 g/mol. The first-order valence-electron chi connectivity index (χ1n) is 3.96. The molecule has 0 unspecified atom stereocenters. The Morgan fingerprint density at radius 1 is 1.46 bits per heavy atom. The first-order chi connectivity index (χ1) is 5.66. The van der Waals surface area contributed by atoms with Crippen LogP contribution in [0.2, 0.25) is 0 Å². The van der Waals surface area contributed by atoms with Crippen LogP contribution in [-0.4, -0.2) is 5.97 Å². The first kappa shape index (κ1) is 12.7. The quantitative estimate of drug-likeness (QED) is 0.498. The third kappa shape index (κ3) is 2.83. The van der Waals surface area contributed by atoms with E-state index in [2.05, 4.69) is 0 Å². The van der Waals surface area contributed by atoms with E-state index in [4.69, 9.17) is 0 Å². The molecule has 1 aromatic carbocycles. The third-order valence-corrected chi connectivity index (χ3v) is 2.05. The molecule has 0 amide bonds. The van der Waals surface area contributed by atoms with Crippen LogP contribution in [0, 0.1) is 6.92 Å². The predicted octanol–water partition coefficient (Wildman–Crippen LogP) is -2.08. The Bertz CT molecular complexity index is 308. The summed E-state index contributed by atoms with van der Waals surface area (Å²) in [6, 6.07) is 5.25. The second-order valence-electron chi connectivity index (χ2n) is 2.73. The zero-order valence-corrected chi connectivity index (χ0v) is 10.3. The molecule has 0 N–H and O–H groups in total. The van der Waals surface area contributed by atoms with Crippen LogP contribution in [-0.2, 0) is 6.42 Å². The summed E-state index contributed by atoms with van der Waals surface area (Å²) < 4.78 is 0. The minimum atomic E-state index is -1.09. The fourth-order valence-corrected chi connectivity index (χ4v) is 1.29. The Labute approximate surface area is 100 Å². The van der Waals surface area contributed by atoms with E-state index in [1.54, 1.807) is 12.1 Å². The van der Waals surface area contributed by atoms with Gasteiger partial charge < -0.3 is 9.90 Å². The van der Waals surface area contributed by atoms with Crippen molar-refractivity contribution in [2.75, 3.05) is 0 Å². The van der Waals surface area contributed by atoms with Gasteiger partial charge in [0.05, 0.1) is 5.97 Å². The average Bonchev–Trinajstić information content (AvgIpc) is 2.04. The number of hydrogen-bond acceptors (Lipinski definition) is 2. The van der Waals surface area contributed by atoms with Gasteiger partial charge in [0.25, 0.3) is 0 Å². The van der Waals surface area contributed by atoms with Crippen molar-refractivity contribution in [2.45, 2.75) is 20.3 Å². The van der Waals surface area contributed by atoms with Gasteiger partial charge in [-0.3, -0.25) is 0 Å². The van der Waals surface area contributed by atoms with Crippen molar-refractivity contribution in [3.63, 3.8) is 0 Å². The summed E-state index contributed by atoms with van der Waals surface area (Å²) in [6.07, 6.45) is 0.854. The molecule has 0 aliphatic rings. The van der Waals surface area contributed by atoms with E-state index < -0.39 is 5.97 Å². The molecule has 1 rings (SSSR count). The fourth-order valence-electron chi connectivity index (χ4n) is 1.29. The summed E-state index contributed by atoms with van der Waals surface area (Å²) in [5, 5.41) is 10.6. The molecule has 0 atom stereocenters.